The van der Waals surface area contributed by atoms with Gasteiger partial charge in [-0.1, -0.05) is 15.9 Å². The Morgan fingerprint density at radius 1 is 2.00 bits per heavy atom. The van der Waals surface area contributed by atoms with E-state index in [-0.39, 0.29) is 0 Å². The summed E-state index contributed by atoms with van der Waals surface area (Å²) in [4.78, 5) is 0. The van der Waals surface area contributed by atoms with Gasteiger partial charge in [0, 0.05) is 5.33 Å². The van der Waals surface area contributed by atoms with Crippen molar-refractivity contribution in [1.82, 2.24) is 0 Å². The summed E-state index contributed by atoms with van der Waals surface area (Å²) in [6, 6.07) is 0. The van der Waals surface area contributed by atoms with Crippen LogP contribution in [0.15, 0.2) is 0 Å². The van der Waals surface area contributed by atoms with E-state index in [1.165, 1.54) is 0 Å². The van der Waals surface area contributed by atoms with Gasteiger partial charge in [0.1, 0.15) is 0 Å². The number of ether oxygens (including phenoxy) is 1. The second-order valence-corrected chi connectivity index (χ2v) is 1.76. The van der Waals surface area contributed by atoms with Crippen molar-refractivity contribution in [3.05, 3.63) is 0 Å². The molecule has 0 bridgehead atoms. The maximum atomic E-state index is 4.81. The van der Waals surface area contributed by atoms with Gasteiger partial charge in [-0.3, -0.25) is 0 Å². The summed E-state index contributed by atoms with van der Waals surface area (Å²) in [5.74, 6) is 0. The molecule has 0 unspecified atom stereocenters. The number of alkyl halides is 1. The summed E-state index contributed by atoms with van der Waals surface area (Å²) in [5, 5.41) is 1.01. The predicted molar refractivity (Wildman–Crippen MR) is 23.5 cm³/mol. The maximum absolute atomic E-state index is 4.81. The lowest BCUT2D eigenvalue weighted by Crippen LogP contribution is -1.79. The topological polar surface area (TPSA) is 12.5 Å². The van der Waals surface area contributed by atoms with Gasteiger partial charge < -0.3 is 4.74 Å². The number of rotatable bonds is 1. The van der Waals surface area contributed by atoms with Crippen molar-refractivity contribution in [2.24, 2.45) is 0 Å². The molecule has 0 spiro atoms. The van der Waals surface area contributed by atoms with Crippen LogP contribution in [-0.4, -0.2) is 18.0 Å². The molecule has 0 saturated carbocycles. The van der Waals surface area contributed by atoms with E-state index < -0.39 is 0 Å². The highest BCUT2D eigenvalue weighted by Gasteiger charge is 2.19. The molecule has 1 aliphatic rings. The molecule has 1 fully saturated rings. The third-order valence-corrected chi connectivity index (χ3v) is 1.30. The van der Waals surface area contributed by atoms with Crippen LogP contribution in [-0.2, 0) is 4.74 Å². The molecule has 0 N–H and O–H groups in total. The average Bonchev–Trinajstić information content (AvgIpc) is 2.12. The minimum Gasteiger partial charge on any atom is -0.372 e. The van der Waals surface area contributed by atoms with Crippen LogP contribution >= 0.6 is 15.9 Å². The molecule has 1 heterocycles. The third kappa shape index (κ3) is 0.893. The first-order valence-corrected chi connectivity index (χ1v) is 2.73. The molecule has 1 atom stereocenters. The first-order chi connectivity index (χ1) is 2.43. The highest BCUT2D eigenvalue weighted by Crippen LogP contribution is 2.09. The van der Waals surface area contributed by atoms with E-state index in [4.69, 9.17) is 4.74 Å². The molecule has 1 rings (SSSR count). The Hall–Kier alpha value is 0.440. The molecule has 1 nitrogen and oxygen atoms in total. The average molecular weight is 137 g/mol. The molecule has 1 saturated heterocycles. The highest BCUT2D eigenvalue weighted by atomic mass is 79.9. The number of hydrogen-bond acceptors (Lipinski definition) is 1. The Balaban J connectivity index is 2.00. The van der Waals surface area contributed by atoms with Crippen molar-refractivity contribution in [3.8, 4) is 0 Å². The second kappa shape index (κ2) is 1.27. The molecular formula is C3H5BrO. The lowest BCUT2D eigenvalue weighted by atomic mass is 10.6. The molecule has 0 aliphatic carbocycles. The smallest absolute Gasteiger partial charge is 0.0906 e. The molecule has 0 aromatic rings. The lowest BCUT2D eigenvalue weighted by Gasteiger charge is -1.67. The van der Waals surface area contributed by atoms with E-state index in [0.717, 1.165) is 11.9 Å². The summed E-state index contributed by atoms with van der Waals surface area (Å²) in [5.41, 5.74) is 0. The summed E-state index contributed by atoms with van der Waals surface area (Å²) in [6.45, 7) is 0.964. The van der Waals surface area contributed by atoms with E-state index in [0.29, 0.717) is 6.10 Å². The Bertz CT molecular complexity index is 33.9. The van der Waals surface area contributed by atoms with Gasteiger partial charge in [-0.05, 0) is 0 Å². The van der Waals surface area contributed by atoms with Crippen LogP contribution < -0.4 is 0 Å². The van der Waals surface area contributed by atoms with Crippen LogP contribution in [0.1, 0.15) is 0 Å². The van der Waals surface area contributed by atoms with Gasteiger partial charge in [-0.2, -0.15) is 0 Å². The van der Waals surface area contributed by atoms with Crippen LogP contribution in [0.25, 0.3) is 0 Å². The Morgan fingerprint density at radius 3 is 2.60 bits per heavy atom. The van der Waals surface area contributed by atoms with Gasteiger partial charge in [0.05, 0.1) is 12.7 Å². The monoisotopic (exact) mass is 136 g/mol. The van der Waals surface area contributed by atoms with E-state index in [9.17, 15) is 0 Å². The quantitative estimate of drug-likeness (QED) is 0.384. The van der Waals surface area contributed by atoms with Crippen molar-refractivity contribution in [3.63, 3.8) is 0 Å². The van der Waals surface area contributed by atoms with E-state index in [1.807, 2.05) is 0 Å². The highest BCUT2D eigenvalue weighted by molar-refractivity contribution is 9.09. The van der Waals surface area contributed by atoms with Crippen LogP contribution in [0.4, 0.5) is 0 Å². The molecule has 0 amide bonds. The lowest BCUT2D eigenvalue weighted by molar-refractivity contribution is 0.427. The minimum atomic E-state index is 0.551. The Kier molecular flexibility index (Phi) is 0.918. The number of epoxide rings is 1. The van der Waals surface area contributed by atoms with E-state index >= 15 is 0 Å². The van der Waals surface area contributed by atoms with Crippen LogP contribution in [0.2, 0.25) is 0 Å². The summed E-state index contributed by atoms with van der Waals surface area (Å²) in [6.07, 6.45) is 0.551. The van der Waals surface area contributed by atoms with Crippen molar-refractivity contribution < 1.29 is 4.74 Å². The fourth-order valence-electron chi connectivity index (χ4n) is 0.157. The minimum absolute atomic E-state index is 0.551. The molecule has 2 heteroatoms. The van der Waals surface area contributed by atoms with Crippen LogP contribution in [0.3, 0.4) is 0 Å². The summed E-state index contributed by atoms with van der Waals surface area (Å²) >= 11 is 3.25. The van der Waals surface area contributed by atoms with Crippen molar-refractivity contribution in [1.29, 1.82) is 0 Å². The van der Waals surface area contributed by atoms with Gasteiger partial charge in [-0.15, -0.1) is 0 Å². The fourth-order valence-corrected chi connectivity index (χ4v) is 0.531. The zero-order valence-electron chi connectivity index (χ0n) is 2.78. The van der Waals surface area contributed by atoms with E-state index in [1.54, 1.807) is 0 Å². The summed E-state index contributed by atoms with van der Waals surface area (Å²) < 4.78 is 4.81. The largest absolute Gasteiger partial charge is 0.372 e. The fraction of sp³-hybridized carbons (Fsp3) is 1.00. The molecular weight excluding hydrogens is 132 g/mol. The first-order valence-electron chi connectivity index (χ1n) is 1.61. The second-order valence-electron chi connectivity index (χ2n) is 1.11. The molecule has 0 aromatic heterocycles. The molecule has 1 aliphatic heterocycles. The molecule has 5 heavy (non-hydrogen) atoms. The van der Waals surface area contributed by atoms with Gasteiger partial charge in [0.25, 0.3) is 0 Å². The standard InChI is InChI=1S/C3H5BrO/c4-1-3-2-5-3/h3H,1-2H2/t3-/m1/s1. The van der Waals surface area contributed by atoms with Gasteiger partial charge >= 0.3 is 0 Å². The number of halogens is 1. The molecule has 0 radical (unpaired) electrons. The van der Waals surface area contributed by atoms with Crippen LogP contribution in [0, 0.1) is 0 Å². The van der Waals surface area contributed by atoms with Crippen molar-refractivity contribution >= 4 is 15.9 Å². The normalized spacial score (nSPS) is 34.2. The number of hydrogen-bond donors (Lipinski definition) is 0. The van der Waals surface area contributed by atoms with Crippen LogP contribution in [0.5, 0.6) is 0 Å². The maximum Gasteiger partial charge on any atom is 0.0906 e. The Morgan fingerprint density at radius 2 is 2.60 bits per heavy atom. The van der Waals surface area contributed by atoms with Gasteiger partial charge in [0.15, 0.2) is 0 Å². The molecule has 0 aromatic carbocycles. The molecule has 30 valence electrons. The first kappa shape index (κ1) is 3.62. The van der Waals surface area contributed by atoms with Gasteiger partial charge in [0.2, 0.25) is 0 Å². The Labute approximate surface area is 39.4 Å². The van der Waals surface area contributed by atoms with Gasteiger partial charge in [-0.25, -0.2) is 0 Å². The SMILES string of the molecule is BrC[C@@H]1CO1. The predicted octanol–water partition coefficient (Wildman–Crippen LogP) is 0.780. The van der Waals surface area contributed by atoms with E-state index in [2.05, 4.69) is 15.9 Å². The zero-order valence-corrected chi connectivity index (χ0v) is 4.36. The third-order valence-electron chi connectivity index (χ3n) is 0.574. The summed E-state index contributed by atoms with van der Waals surface area (Å²) in [7, 11) is 0. The van der Waals surface area contributed by atoms with Crippen molar-refractivity contribution in [2.45, 2.75) is 6.10 Å². The zero-order chi connectivity index (χ0) is 3.70. The van der Waals surface area contributed by atoms with Crippen molar-refractivity contribution in [2.75, 3.05) is 11.9 Å².